The summed E-state index contributed by atoms with van der Waals surface area (Å²) in [7, 11) is 0. The summed E-state index contributed by atoms with van der Waals surface area (Å²) in [5.41, 5.74) is 0.806. The molecule has 0 aromatic heterocycles. The second-order valence-electron chi connectivity index (χ2n) is 3.70. The van der Waals surface area contributed by atoms with Crippen molar-refractivity contribution in [1.29, 1.82) is 0 Å². The molecule has 0 heterocycles. The lowest BCUT2D eigenvalue weighted by atomic mass is 9.98. The fourth-order valence-corrected chi connectivity index (χ4v) is 2.01. The van der Waals surface area contributed by atoms with Gasteiger partial charge in [0.15, 0.2) is 6.10 Å². The highest BCUT2D eigenvalue weighted by Crippen LogP contribution is 2.25. The van der Waals surface area contributed by atoms with Crippen LogP contribution >= 0.6 is 11.8 Å². The first-order valence-electron chi connectivity index (χ1n) is 5.25. The highest BCUT2D eigenvalue weighted by atomic mass is 32.2. The highest BCUT2D eigenvalue weighted by molar-refractivity contribution is 7.98. The number of hydrogen-bond acceptors (Lipinski definition) is 4. The van der Waals surface area contributed by atoms with Crippen LogP contribution in [-0.4, -0.2) is 33.5 Å². The van der Waals surface area contributed by atoms with Crippen molar-refractivity contribution in [3.8, 4) is 0 Å². The van der Waals surface area contributed by atoms with Crippen molar-refractivity contribution >= 4 is 23.7 Å². The molecule has 3 N–H and O–H groups in total. The summed E-state index contributed by atoms with van der Waals surface area (Å²) < 4.78 is 0. The van der Waals surface area contributed by atoms with Crippen molar-refractivity contribution in [3.05, 3.63) is 29.3 Å². The minimum absolute atomic E-state index is 0.0993. The van der Waals surface area contributed by atoms with Crippen LogP contribution in [0.5, 0.6) is 0 Å². The zero-order chi connectivity index (χ0) is 13.7. The third-order valence-corrected chi connectivity index (χ3v) is 3.22. The zero-order valence-electron chi connectivity index (χ0n) is 9.79. The summed E-state index contributed by atoms with van der Waals surface area (Å²) in [5, 5.41) is 27.1. The molecule has 1 aromatic carbocycles. The van der Waals surface area contributed by atoms with Gasteiger partial charge in [-0.15, -0.1) is 11.8 Å². The standard InChI is InChI=1S/C12H14O5S/c1-18-8-4-2-7(3-5-10(13)14)9(6-8)11(15)12(16)17/h2,4,6,11,15H,3,5H2,1H3,(H,13,14)(H,16,17). The molecule has 5 nitrogen and oxygen atoms in total. The van der Waals surface area contributed by atoms with E-state index in [2.05, 4.69) is 0 Å². The molecule has 0 bridgehead atoms. The molecular formula is C12H14O5S. The number of benzene rings is 1. The summed E-state index contributed by atoms with van der Waals surface area (Å²) in [5.74, 6) is -2.30. The summed E-state index contributed by atoms with van der Waals surface area (Å²) in [6.45, 7) is 0. The summed E-state index contributed by atoms with van der Waals surface area (Å²) in [6, 6.07) is 5.02. The molecule has 1 rings (SSSR count). The quantitative estimate of drug-likeness (QED) is 0.679. The molecule has 6 heteroatoms. The Balaban J connectivity index is 3.07. The van der Waals surface area contributed by atoms with Gasteiger partial charge in [-0.2, -0.15) is 0 Å². The number of carboxylic acids is 2. The Morgan fingerprint density at radius 2 is 2.00 bits per heavy atom. The van der Waals surface area contributed by atoms with Crippen LogP contribution in [0.2, 0.25) is 0 Å². The van der Waals surface area contributed by atoms with E-state index in [1.807, 2.05) is 6.26 Å². The van der Waals surface area contributed by atoms with E-state index < -0.39 is 18.0 Å². The van der Waals surface area contributed by atoms with E-state index in [-0.39, 0.29) is 18.4 Å². The molecule has 1 aromatic rings. The zero-order valence-corrected chi connectivity index (χ0v) is 10.6. The maximum atomic E-state index is 10.8. The fourth-order valence-electron chi connectivity index (χ4n) is 1.56. The van der Waals surface area contributed by atoms with Gasteiger partial charge in [0, 0.05) is 11.3 Å². The van der Waals surface area contributed by atoms with Crippen LogP contribution in [-0.2, 0) is 16.0 Å². The SMILES string of the molecule is CSc1ccc(CCC(=O)O)c(C(O)C(=O)O)c1. The van der Waals surface area contributed by atoms with Crippen molar-refractivity contribution in [3.63, 3.8) is 0 Å². The van der Waals surface area contributed by atoms with Gasteiger partial charge < -0.3 is 15.3 Å². The lowest BCUT2D eigenvalue weighted by Crippen LogP contribution is -2.13. The second kappa shape index (κ2) is 6.42. The van der Waals surface area contributed by atoms with Gasteiger partial charge in [0.1, 0.15) is 0 Å². The van der Waals surface area contributed by atoms with Crippen LogP contribution in [0.1, 0.15) is 23.7 Å². The number of aliphatic hydroxyl groups is 1. The molecular weight excluding hydrogens is 256 g/mol. The minimum Gasteiger partial charge on any atom is -0.481 e. The first-order chi connectivity index (χ1) is 8.45. The third-order valence-electron chi connectivity index (χ3n) is 2.49. The number of hydrogen-bond donors (Lipinski definition) is 3. The van der Waals surface area contributed by atoms with E-state index >= 15 is 0 Å². The van der Waals surface area contributed by atoms with Gasteiger partial charge in [-0.1, -0.05) is 6.07 Å². The Kier molecular flexibility index (Phi) is 5.18. The number of carbonyl (C=O) groups is 2. The second-order valence-corrected chi connectivity index (χ2v) is 4.58. The van der Waals surface area contributed by atoms with Crippen molar-refractivity contribution in [2.45, 2.75) is 23.8 Å². The minimum atomic E-state index is -1.62. The van der Waals surface area contributed by atoms with E-state index in [0.717, 1.165) is 4.90 Å². The van der Waals surface area contributed by atoms with E-state index in [0.29, 0.717) is 5.56 Å². The maximum Gasteiger partial charge on any atom is 0.337 e. The van der Waals surface area contributed by atoms with Crippen LogP contribution in [0.15, 0.2) is 23.1 Å². The van der Waals surface area contributed by atoms with Gasteiger partial charge >= 0.3 is 11.9 Å². The molecule has 1 atom stereocenters. The Bertz CT molecular complexity index is 458. The van der Waals surface area contributed by atoms with Gasteiger partial charge in [0.25, 0.3) is 0 Å². The van der Waals surface area contributed by atoms with Crippen molar-refractivity contribution in [2.75, 3.05) is 6.26 Å². The van der Waals surface area contributed by atoms with Crippen LogP contribution < -0.4 is 0 Å². The van der Waals surface area contributed by atoms with Gasteiger partial charge in [0.05, 0.1) is 0 Å². The summed E-state index contributed by atoms with van der Waals surface area (Å²) in [4.78, 5) is 22.2. The van der Waals surface area contributed by atoms with Crippen LogP contribution in [0.25, 0.3) is 0 Å². The maximum absolute atomic E-state index is 10.8. The Labute approximate surface area is 108 Å². The summed E-state index contributed by atoms with van der Waals surface area (Å²) in [6.07, 6.45) is 0.311. The molecule has 0 spiro atoms. The van der Waals surface area contributed by atoms with Gasteiger partial charge in [-0.25, -0.2) is 4.79 Å². The monoisotopic (exact) mass is 270 g/mol. The van der Waals surface area contributed by atoms with Gasteiger partial charge in [-0.3, -0.25) is 4.79 Å². The molecule has 18 heavy (non-hydrogen) atoms. The average molecular weight is 270 g/mol. The van der Waals surface area contributed by atoms with E-state index in [1.54, 1.807) is 18.2 Å². The molecule has 0 saturated heterocycles. The number of carboxylic acid groups (broad SMARTS) is 2. The molecule has 0 amide bonds. The van der Waals surface area contributed by atoms with Crippen LogP contribution in [0.4, 0.5) is 0 Å². The van der Waals surface area contributed by atoms with Gasteiger partial charge in [-0.05, 0) is 35.9 Å². The van der Waals surface area contributed by atoms with Crippen molar-refractivity contribution in [1.82, 2.24) is 0 Å². The lowest BCUT2D eigenvalue weighted by molar-refractivity contribution is -0.147. The Morgan fingerprint density at radius 1 is 1.33 bits per heavy atom. The highest BCUT2D eigenvalue weighted by Gasteiger charge is 2.20. The van der Waals surface area contributed by atoms with Gasteiger partial charge in [0.2, 0.25) is 0 Å². The predicted octanol–water partition coefficient (Wildman–Crippen LogP) is 1.54. The number of aliphatic carboxylic acids is 2. The molecule has 0 saturated carbocycles. The number of rotatable bonds is 6. The lowest BCUT2D eigenvalue weighted by Gasteiger charge is -2.13. The van der Waals surface area contributed by atoms with Crippen LogP contribution in [0, 0.1) is 0 Å². The first-order valence-corrected chi connectivity index (χ1v) is 6.47. The van der Waals surface area contributed by atoms with Crippen LogP contribution in [0.3, 0.4) is 0 Å². The van der Waals surface area contributed by atoms with E-state index in [9.17, 15) is 14.7 Å². The Morgan fingerprint density at radius 3 is 2.50 bits per heavy atom. The molecule has 1 unspecified atom stereocenters. The number of thioether (sulfide) groups is 1. The molecule has 0 aliphatic rings. The molecule has 98 valence electrons. The van der Waals surface area contributed by atoms with E-state index in [1.165, 1.54) is 11.8 Å². The van der Waals surface area contributed by atoms with Crippen molar-refractivity contribution in [2.24, 2.45) is 0 Å². The molecule has 0 aliphatic carbocycles. The summed E-state index contributed by atoms with van der Waals surface area (Å²) >= 11 is 1.42. The molecule has 0 radical (unpaired) electrons. The first kappa shape index (κ1) is 14.5. The largest absolute Gasteiger partial charge is 0.481 e. The Hall–Kier alpha value is -1.53. The number of aryl methyl sites for hydroxylation is 1. The normalized spacial score (nSPS) is 12.1. The third kappa shape index (κ3) is 3.75. The average Bonchev–Trinajstić information content (AvgIpc) is 2.35. The molecule has 0 fully saturated rings. The van der Waals surface area contributed by atoms with Crippen molar-refractivity contribution < 1.29 is 24.9 Å². The predicted molar refractivity (Wildman–Crippen MR) is 66.8 cm³/mol. The molecule has 0 aliphatic heterocycles. The topological polar surface area (TPSA) is 94.8 Å². The fraction of sp³-hybridized carbons (Fsp3) is 0.333. The number of aliphatic hydroxyl groups excluding tert-OH is 1. The van der Waals surface area contributed by atoms with E-state index in [4.69, 9.17) is 10.2 Å². The smallest absolute Gasteiger partial charge is 0.337 e.